The van der Waals surface area contributed by atoms with E-state index in [2.05, 4.69) is 22.3 Å². The molecule has 1 N–H and O–H groups in total. The van der Waals surface area contributed by atoms with Crippen LogP contribution in [-0.4, -0.2) is 45.7 Å². The molecule has 3 aromatic rings. The molecule has 1 atom stereocenters. The second-order valence-corrected chi connectivity index (χ2v) is 8.42. The number of methoxy groups -OCH3 is 1. The summed E-state index contributed by atoms with van der Waals surface area (Å²) in [5, 5.41) is 23.9. The lowest BCUT2D eigenvalue weighted by Crippen LogP contribution is -2.51. The molecule has 8 nitrogen and oxygen atoms in total. The fraction of sp³-hybridized carbons (Fsp3) is 0.269. The third-order valence-electron chi connectivity index (χ3n) is 6.30. The average Bonchev–Trinajstić information content (AvgIpc) is 3.49. The van der Waals surface area contributed by atoms with E-state index in [1.807, 2.05) is 52.9 Å². The van der Waals surface area contributed by atoms with Crippen LogP contribution in [0.5, 0.6) is 5.75 Å². The van der Waals surface area contributed by atoms with E-state index in [1.54, 1.807) is 25.6 Å². The highest BCUT2D eigenvalue weighted by Gasteiger charge is 2.49. The van der Waals surface area contributed by atoms with Gasteiger partial charge in [0.05, 0.1) is 36.5 Å². The Morgan fingerprint density at radius 3 is 2.76 bits per heavy atom. The van der Waals surface area contributed by atoms with E-state index in [0.29, 0.717) is 12.1 Å². The number of nitrogens with zero attached hydrogens (tertiary/aromatic N) is 5. The highest BCUT2D eigenvalue weighted by atomic mass is 16.7. The van der Waals surface area contributed by atoms with Crippen molar-refractivity contribution in [2.75, 3.05) is 20.3 Å². The standard InChI is InChI=1S/C26H25N5O3/c1-18-15-30(17-28-18)23-10-7-20(13-24(23)33-2)12-21-4-3-11-31-25(21)29-34-26(31,16-32)22-8-5-19(14-27)6-9-22/h5-10,12-13,15,17,32H,3-4,11,16H2,1-2H3. The summed E-state index contributed by atoms with van der Waals surface area (Å²) in [6.07, 6.45) is 7.56. The zero-order valence-corrected chi connectivity index (χ0v) is 19.1. The molecular weight excluding hydrogens is 430 g/mol. The zero-order chi connectivity index (χ0) is 23.7. The summed E-state index contributed by atoms with van der Waals surface area (Å²) in [5.41, 5.74) is 4.08. The molecule has 5 rings (SSSR count). The van der Waals surface area contributed by atoms with Crippen LogP contribution in [0.4, 0.5) is 0 Å². The second kappa shape index (κ2) is 8.69. The number of fused-ring (bicyclic) bond motifs is 1. The van der Waals surface area contributed by atoms with Gasteiger partial charge in [0.2, 0.25) is 0 Å². The van der Waals surface area contributed by atoms with Crippen LogP contribution in [0.25, 0.3) is 11.8 Å². The Balaban J connectivity index is 1.46. The van der Waals surface area contributed by atoms with Gasteiger partial charge in [0.15, 0.2) is 5.84 Å². The SMILES string of the molecule is COc1cc(C=C2CCCN3C2=NOC3(CO)c2ccc(C#N)cc2)ccc1-n1cnc(C)c1. The molecule has 1 saturated heterocycles. The van der Waals surface area contributed by atoms with Crippen LogP contribution in [0.2, 0.25) is 0 Å². The van der Waals surface area contributed by atoms with E-state index < -0.39 is 5.72 Å². The fourth-order valence-electron chi connectivity index (χ4n) is 4.55. The van der Waals surface area contributed by atoms with E-state index in [4.69, 9.17) is 14.8 Å². The third kappa shape index (κ3) is 3.60. The molecule has 2 aliphatic rings. The molecule has 3 heterocycles. The molecule has 0 saturated carbocycles. The van der Waals surface area contributed by atoms with Gasteiger partial charge in [-0.1, -0.05) is 23.4 Å². The maximum Gasteiger partial charge on any atom is 0.260 e. The summed E-state index contributed by atoms with van der Waals surface area (Å²) in [6, 6.07) is 15.2. The molecule has 172 valence electrons. The van der Waals surface area contributed by atoms with Crippen molar-refractivity contribution in [2.45, 2.75) is 25.5 Å². The summed E-state index contributed by atoms with van der Waals surface area (Å²) in [4.78, 5) is 12.2. The Morgan fingerprint density at radius 2 is 2.09 bits per heavy atom. The number of rotatable bonds is 5. The van der Waals surface area contributed by atoms with Gasteiger partial charge in [0, 0.05) is 18.3 Å². The van der Waals surface area contributed by atoms with Crippen molar-refractivity contribution in [3.63, 3.8) is 0 Å². The minimum absolute atomic E-state index is 0.258. The summed E-state index contributed by atoms with van der Waals surface area (Å²) in [5.74, 6) is 1.46. The van der Waals surface area contributed by atoms with Gasteiger partial charge >= 0.3 is 0 Å². The first-order valence-electron chi connectivity index (χ1n) is 11.1. The first kappa shape index (κ1) is 21.7. The van der Waals surface area contributed by atoms with E-state index in [0.717, 1.165) is 52.5 Å². The highest BCUT2D eigenvalue weighted by molar-refractivity contribution is 6.03. The number of oxime groups is 1. The number of aryl methyl sites for hydroxylation is 1. The molecule has 0 spiro atoms. The number of aromatic nitrogens is 2. The number of ether oxygens (including phenoxy) is 1. The Labute approximate surface area is 198 Å². The highest BCUT2D eigenvalue weighted by Crippen LogP contribution is 2.40. The van der Waals surface area contributed by atoms with E-state index in [1.165, 1.54) is 0 Å². The summed E-state index contributed by atoms with van der Waals surface area (Å²) in [6.45, 7) is 2.40. The molecule has 2 aromatic carbocycles. The van der Waals surface area contributed by atoms with Crippen molar-refractivity contribution >= 4 is 11.9 Å². The molecule has 34 heavy (non-hydrogen) atoms. The number of hydrogen-bond donors (Lipinski definition) is 1. The molecule has 0 radical (unpaired) electrons. The monoisotopic (exact) mass is 455 g/mol. The van der Waals surface area contributed by atoms with Crippen LogP contribution in [0.1, 0.15) is 35.2 Å². The molecule has 2 aliphatic heterocycles. The van der Waals surface area contributed by atoms with Gasteiger partial charge in [-0.05, 0) is 61.2 Å². The minimum atomic E-state index is -1.09. The molecular formula is C26H25N5O3. The van der Waals surface area contributed by atoms with Crippen LogP contribution in [0, 0.1) is 18.3 Å². The predicted octanol–water partition coefficient (Wildman–Crippen LogP) is 3.73. The van der Waals surface area contributed by atoms with Crippen molar-refractivity contribution < 1.29 is 14.7 Å². The maximum atomic E-state index is 10.4. The van der Waals surface area contributed by atoms with Crippen LogP contribution in [0.3, 0.4) is 0 Å². The number of benzene rings is 2. The fourth-order valence-corrected chi connectivity index (χ4v) is 4.55. The van der Waals surface area contributed by atoms with Crippen molar-refractivity contribution in [3.8, 4) is 17.5 Å². The van der Waals surface area contributed by atoms with Crippen LogP contribution in [-0.2, 0) is 10.6 Å². The lowest BCUT2D eigenvalue weighted by Gasteiger charge is -2.38. The lowest BCUT2D eigenvalue weighted by molar-refractivity contribution is -0.137. The number of piperidine rings is 1. The van der Waals surface area contributed by atoms with E-state index in [9.17, 15) is 5.11 Å². The first-order chi connectivity index (χ1) is 16.6. The van der Waals surface area contributed by atoms with Crippen molar-refractivity contribution in [1.29, 1.82) is 5.26 Å². The first-order valence-corrected chi connectivity index (χ1v) is 11.1. The van der Waals surface area contributed by atoms with Crippen molar-refractivity contribution in [1.82, 2.24) is 14.5 Å². The Bertz CT molecular complexity index is 1320. The number of amidine groups is 1. The largest absolute Gasteiger partial charge is 0.495 e. The van der Waals surface area contributed by atoms with Gasteiger partial charge in [-0.15, -0.1) is 0 Å². The number of aliphatic hydroxyl groups is 1. The Morgan fingerprint density at radius 1 is 1.26 bits per heavy atom. The zero-order valence-electron chi connectivity index (χ0n) is 19.1. The molecule has 1 unspecified atom stereocenters. The van der Waals surface area contributed by atoms with Crippen LogP contribution >= 0.6 is 0 Å². The van der Waals surface area contributed by atoms with Crippen molar-refractivity contribution in [3.05, 3.63) is 82.9 Å². The van der Waals surface area contributed by atoms with Gasteiger partial charge in [0.25, 0.3) is 5.72 Å². The Hall–Kier alpha value is -4.09. The normalized spacial score (nSPS) is 20.5. The van der Waals surface area contributed by atoms with Gasteiger partial charge < -0.3 is 24.1 Å². The second-order valence-electron chi connectivity index (χ2n) is 8.42. The summed E-state index contributed by atoms with van der Waals surface area (Å²) < 4.78 is 7.59. The number of imidazole rings is 1. The van der Waals surface area contributed by atoms with Gasteiger partial charge in [-0.25, -0.2) is 4.98 Å². The van der Waals surface area contributed by atoms with Crippen molar-refractivity contribution in [2.24, 2.45) is 5.16 Å². The molecule has 1 fully saturated rings. The smallest absolute Gasteiger partial charge is 0.260 e. The number of aliphatic hydroxyl groups excluding tert-OH is 1. The third-order valence-corrected chi connectivity index (χ3v) is 6.30. The van der Waals surface area contributed by atoms with Gasteiger partial charge in [0.1, 0.15) is 12.4 Å². The topological polar surface area (TPSA) is 95.9 Å². The minimum Gasteiger partial charge on any atom is -0.495 e. The maximum absolute atomic E-state index is 10.4. The predicted molar refractivity (Wildman–Crippen MR) is 127 cm³/mol. The Kier molecular flexibility index (Phi) is 5.56. The van der Waals surface area contributed by atoms with Crippen LogP contribution in [0.15, 0.2) is 65.7 Å². The summed E-state index contributed by atoms with van der Waals surface area (Å²) in [7, 11) is 1.66. The summed E-state index contributed by atoms with van der Waals surface area (Å²) >= 11 is 0. The molecule has 0 amide bonds. The van der Waals surface area contributed by atoms with Crippen LogP contribution < -0.4 is 4.74 Å². The van der Waals surface area contributed by atoms with E-state index in [-0.39, 0.29) is 6.61 Å². The number of hydrogen-bond acceptors (Lipinski definition) is 7. The van der Waals surface area contributed by atoms with Gasteiger partial charge in [-0.3, -0.25) is 0 Å². The quantitative estimate of drug-likeness (QED) is 0.630. The van der Waals surface area contributed by atoms with E-state index >= 15 is 0 Å². The number of nitriles is 1. The molecule has 0 bridgehead atoms. The van der Waals surface area contributed by atoms with Gasteiger partial charge in [-0.2, -0.15) is 5.26 Å². The average molecular weight is 456 g/mol. The molecule has 1 aromatic heterocycles. The molecule has 8 heteroatoms. The molecule has 0 aliphatic carbocycles. The lowest BCUT2D eigenvalue weighted by atomic mass is 9.94.